The smallest absolute Gasteiger partial charge is 0.227 e. The Morgan fingerprint density at radius 2 is 2.12 bits per heavy atom. The van der Waals surface area contributed by atoms with E-state index in [1.165, 1.54) is 16.5 Å². The Balaban J connectivity index is 0.00000208. The van der Waals surface area contributed by atoms with Crippen molar-refractivity contribution in [2.75, 3.05) is 26.3 Å². The van der Waals surface area contributed by atoms with Crippen LogP contribution < -0.4 is 11.1 Å². The summed E-state index contributed by atoms with van der Waals surface area (Å²) in [6, 6.07) is 6.25. The molecule has 5 nitrogen and oxygen atoms in total. The van der Waals surface area contributed by atoms with E-state index in [1.807, 2.05) is 6.20 Å². The molecule has 132 valence electrons. The molecule has 0 aliphatic carbocycles. The van der Waals surface area contributed by atoms with E-state index in [-0.39, 0.29) is 18.3 Å². The van der Waals surface area contributed by atoms with E-state index in [2.05, 4.69) is 35.4 Å². The quantitative estimate of drug-likeness (QED) is 0.773. The summed E-state index contributed by atoms with van der Waals surface area (Å²) < 4.78 is 5.36. The first-order chi connectivity index (χ1) is 11.2. The zero-order valence-corrected chi connectivity index (χ0v) is 14.9. The van der Waals surface area contributed by atoms with Crippen molar-refractivity contribution < 1.29 is 9.53 Å². The van der Waals surface area contributed by atoms with E-state index in [9.17, 15) is 4.79 Å². The number of aromatic nitrogens is 1. The Kier molecular flexibility index (Phi) is 6.27. The Morgan fingerprint density at radius 1 is 1.38 bits per heavy atom. The summed E-state index contributed by atoms with van der Waals surface area (Å²) in [4.78, 5) is 15.9. The van der Waals surface area contributed by atoms with Crippen LogP contribution in [0.15, 0.2) is 24.4 Å². The molecular weight excluding hydrogens is 326 g/mol. The number of benzene rings is 1. The van der Waals surface area contributed by atoms with Crippen LogP contribution in [0.25, 0.3) is 10.9 Å². The number of rotatable bonds is 5. The highest BCUT2D eigenvalue weighted by Crippen LogP contribution is 2.29. The summed E-state index contributed by atoms with van der Waals surface area (Å²) in [6.07, 6.45) is 4.27. The number of aryl methyl sites for hydroxylation is 1. The molecule has 2 aromatic rings. The molecule has 0 bridgehead atoms. The van der Waals surface area contributed by atoms with Gasteiger partial charge in [0, 0.05) is 43.4 Å². The van der Waals surface area contributed by atoms with E-state index in [0.29, 0.717) is 39.1 Å². The number of H-pyrrole nitrogens is 1. The van der Waals surface area contributed by atoms with Gasteiger partial charge in [-0.1, -0.05) is 12.1 Å². The molecule has 24 heavy (non-hydrogen) atoms. The van der Waals surface area contributed by atoms with Crippen LogP contribution in [0.1, 0.15) is 24.0 Å². The standard InChI is InChI=1S/C18H25N3O2.ClH/c1-13-3-2-4-15-16(13)14(11-21-15)5-8-20-17(22)18(12-19)6-9-23-10-7-18;/h2-4,11,21H,5-10,12,19H2,1H3,(H,20,22);1H. The molecule has 0 radical (unpaired) electrons. The minimum absolute atomic E-state index is 0. The summed E-state index contributed by atoms with van der Waals surface area (Å²) in [6.45, 7) is 4.36. The fourth-order valence-corrected chi connectivity index (χ4v) is 3.43. The van der Waals surface area contributed by atoms with Crippen LogP contribution in [0.4, 0.5) is 0 Å². The summed E-state index contributed by atoms with van der Waals surface area (Å²) in [5.74, 6) is 0.0693. The third kappa shape index (κ3) is 3.58. The maximum atomic E-state index is 12.6. The van der Waals surface area contributed by atoms with Gasteiger partial charge in [0.1, 0.15) is 0 Å². The molecular formula is C18H26ClN3O2. The van der Waals surface area contributed by atoms with Gasteiger partial charge in [0.25, 0.3) is 0 Å². The molecule has 6 heteroatoms. The zero-order valence-electron chi connectivity index (χ0n) is 14.1. The van der Waals surface area contributed by atoms with Crippen molar-refractivity contribution in [3.05, 3.63) is 35.5 Å². The first-order valence-corrected chi connectivity index (χ1v) is 8.28. The molecule has 0 unspecified atom stereocenters. The molecule has 4 N–H and O–H groups in total. The number of hydrogen-bond donors (Lipinski definition) is 3. The summed E-state index contributed by atoms with van der Waals surface area (Å²) >= 11 is 0. The second kappa shape index (κ2) is 8.01. The molecule has 0 atom stereocenters. The van der Waals surface area contributed by atoms with Crippen molar-refractivity contribution >= 4 is 29.2 Å². The highest BCUT2D eigenvalue weighted by atomic mass is 35.5. The van der Waals surface area contributed by atoms with E-state index < -0.39 is 5.41 Å². The van der Waals surface area contributed by atoms with Gasteiger partial charge in [-0.2, -0.15) is 0 Å². The second-order valence-corrected chi connectivity index (χ2v) is 6.41. The lowest BCUT2D eigenvalue weighted by Gasteiger charge is -2.34. The lowest BCUT2D eigenvalue weighted by molar-refractivity contribution is -0.135. The summed E-state index contributed by atoms with van der Waals surface area (Å²) in [7, 11) is 0. The molecule has 1 aromatic heterocycles. The van der Waals surface area contributed by atoms with Crippen molar-refractivity contribution in [2.24, 2.45) is 11.1 Å². The average molecular weight is 352 g/mol. The predicted molar refractivity (Wildman–Crippen MR) is 98.5 cm³/mol. The lowest BCUT2D eigenvalue weighted by atomic mass is 9.79. The normalized spacial score (nSPS) is 16.6. The van der Waals surface area contributed by atoms with Gasteiger partial charge in [-0.05, 0) is 43.4 Å². The fraction of sp³-hybridized carbons (Fsp3) is 0.500. The van der Waals surface area contributed by atoms with Gasteiger partial charge in [-0.15, -0.1) is 12.4 Å². The van der Waals surface area contributed by atoms with Gasteiger partial charge in [-0.3, -0.25) is 4.79 Å². The van der Waals surface area contributed by atoms with Gasteiger partial charge in [0.15, 0.2) is 0 Å². The van der Waals surface area contributed by atoms with Crippen LogP contribution >= 0.6 is 12.4 Å². The van der Waals surface area contributed by atoms with Crippen LogP contribution in [0.3, 0.4) is 0 Å². The van der Waals surface area contributed by atoms with Crippen LogP contribution in [0, 0.1) is 12.3 Å². The minimum Gasteiger partial charge on any atom is -0.381 e. The van der Waals surface area contributed by atoms with Gasteiger partial charge in [-0.25, -0.2) is 0 Å². The lowest BCUT2D eigenvalue weighted by Crippen LogP contribution is -2.49. The number of nitrogens with two attached hydrogens (primary N) is 1. The fourth-order valence-electron chi connectivity index (χ4n) is 3.43. The SMILES string of the molecule is Cc1cccc2[nH]cc(CCNC(=O)C3(CN)CCOCC3)c12.Cl. The molecule has 1 amide bonds. The van der Waals surface area contributed by atoms with E-state index in [4.69, 9.17) is 10.5 Å². The number of amides is 1. The van der Waals surface area contributed by atoms with Crippen LogP contribution in [-0.4, -0.2) is 37.2 Å². The van der Waals surface area contributed by atoms with Gasteiger partial charge < -0.3 is 20.8 Å². The van der Waals surface area contributed by atoms with E-state index in [1.54, 1.807) is 0 Å². The molecule has 1 aromatic carbocycles. The number of fused-ring (bicyclic) bond motifs is 1. The largest absolute Gasteiger partial charge is 0.381 e. The average Bonchev–Trinajstić information content (AvgIpc) is 3.00. The Bertz CT molecular complexity index is 693. The van der Waals surface area contributed by atoms with Crippen molar-refractivity contribution in [3.63, 3.8) is 0 Å². The predicted octanol–water partition coefficient (Wildman–Crippen LogP) is 2.31. The van der Waals surface area contributed by atoms with Crippen molar-refractivity contribution in [2.45, 2.75) is 26.2 Å². The van der Waals surface area contributed by atoms with Crippen molar-refractivity contribution in [3.8, 4) is 0 Å². The molecule has 0 saturated carbocycles. The zero-order chi connectivity index (χ0) is 16.3. The highest BCUT2D eigenvalue weighted by molar-refractivity contribution is 5.87. The maximum Gasteiger partial charge on any atom is 0.227 e. The van der Waals surface area contributed by atoms with Gasteiger partial charge in [0.2, 0.25) is 5.91 Å². The minimum atomic E-state index is -0.450. The molecule has 1 saturated heterocycles. The number of carbonyl (C=O) groups excluding carboxylic acids is 1. The summed E-state index contributed by atoms with van der Waals surface area (Å²) in [5, 5.41) is 4.34. The third-order valence-electron chi connectivity index (χ3n) is 5.00. The number of hydrogen-bond acceptors (Lipinski definition) is 3. The highest BCUT2D eigenvalue weighted by Gasteiger charge is 2.38. The molecule has 2 heterocycles. The van der Waals surface area contributed by atoms with Gasteiger partial charge >= 0.3 is 0 Å². The molecule has 0 spiro atoms. The van der Waals surface area contributed by atoms with E-state index in [0.717, 1.165) is 11.9 Å². The van der Waals surface area contributed by atoms with Gasteiger partial charge in [0.05, 0.1) is 5.41 Å². The van der Waals surface area contributed by atoms with Crippen molar-refractivity contribution in [1.29, 1.82) is 0 Å². The molecule has 1 fully saturated rings. The third-order valence-corrected chi connectivity index (χ3v) is 5.00. The maximum absolute atomic E-state index is 12.6. The number of halogens is 1. The molecule has 1 aliphatic rings. The number of aromatic amines is 1. The number of carbonyl (C=O) groups is 1. The molecule has 3 rings (SSSR count). The monoisotopic (exact) mass is 351 g/mol. The van der Waals surface area contributed by atoms with Crippen LogP contribution in [0.2, 0.25) is 0 Å². The van der Waals surface area contributed by atoms with Crippen LogP contribution in [-0.2, 0) is 16.0 Å². The Hall–Kier alpha value is -1.56. The number of nitrogens with one attached hydrogen (secondary N) is 2. The Labute approximate surface area is 148 Å². The number of ether oxygens (including phenoxy) is 1. The first-order valence-electron chi connectivity index (χ1n) is 8.28. The second-order valence-electron chi connectivity index (χ2n) is 6.41. The van der Waals surface area contributed by atoms with Crippen LogP contribution in [0.5, 0.6) is 0 Å². The Morgan fingerprint density at radius 3 is 2.83 bits per heavy atom. The topological polar surface area (TPSA) is 80.1 Å². The first kappa shape index (κ1) is 18.8. The van der Waals surface area contributed by atoms with E-state index >= 15 is 0 Å². The van der Waals surface area contributed by atoms with Crippen molar-refractivity contribution in [1.82, 2.24) is 10.3 Å². The summed E-state index contributed by atoms with van der Waals surface area (Å²) in [5.41, 5.74) is 9.08. The molecule has 1 aliphatic heterocycles.